The Morgan fingerprint density at radius 3 is 2.53 bits per heavy atom. The van der Waals surface area contributed by atoms with Gasteiger partial charge in [-0.2, -0.15) is 0 Å². The number of aromatic nitrogens is 2. The highest BCUT2D eigenvalue weighted by Crippen LogP contribution is 2.36. The normalized spacial score (nSPS) is 11.6. The van der Waals surface area contributed by atoms with Crippen LogP contribution < -0.4 is 4.74 Å². The van der Waals surface area contributed by atoms with Crippen molar-refractivity contribution in [2.75, 3.05) is 41.3 Å². The van der Waals surface area contributed by atoms with Crippen LogP contribution in [0.4, 0.5) is 0 Å². The Labute approximate surface area is 189 Å². The van der Waals surface area contributed by atoms with Gasteiger partial charge >= 0.3 is 0 Å². The third-order valence-electron chi connectivity index (χ3n) is 5.72. The Hall–Kier alpha value is -3.35. The molecule has 0 radical (unpaired) electrons. The fourth-order valence-corrected chi connectivity index (χ4v) is 3.87. The van der Waals surface area contributed by atoms with Crippen LogP contribution in [0.2, 0.25) is 0 Å². The lowest BCUT2D eigenvalue weighted by Crippen LogP contribution is -2.28. The summed E-state index contributed by atoms with van der Waals surface area (Å²) >= 11 is 0. The van der Waals surface area contributed by atoms with E-state index in [-0.39, 0.29) is 0 Å². The number of aromatic amines is 1. The van der Waals surface area contributed by atoms with E-state index in [0.717, 1.165) is 57.7 Å². The van der Waals surface area contributed by atoms with E-state index in [4.69, 9.17) is 4.74 Å². The maximum absolute atomic E-state index is 10.7. The third-order valence-corrected chi connectivity index (χ3v) is 5.72. The number of ether oxygens (including phenoxy) is 1. The number of para-hydroxylation sites is 1. The number of methoxy groups -OCH3 is 1. The third kappa shape index (κ3) is 4.61. The van der Waals surface area contributed by atoms with Crippen molar-refractivity contribution in [2.24, 2.45) is 0 Å². The van der Waals surface area contributed by atoms with Crippen LogP contribution in [-0.4, -0.2) is 66.2 Å². The Balaban J connectivity index is 1.63. The number of H-pyrrole nitrogens is 1. The number of rotatable bonds is 8. The Morgan fingerprint density at radius 2 is 1.78 bits per heavy atom. The van der Waals surface area contributed by atoms with Gasteiger partial charge < -0.3 is 24.6 Å². The number of hydrogen-bond donors (Lipinski definition) is 2. The molecule has 4 aromatic rings. The fraction of sp³-hybridized carbons (Fsp3) is 0.269. The fourth-order valence-electron chi connectivity index (χ4n) is 3.87. The van der Waals surface area contributed by atoms with Crippen molar-refractivity contribution >= 4 is 11.0 Å². The minimum atomic E-state index is 0.304. The molecule has 6 heteroatoms. The summed E-state index contributed by atoms with van der Waals surface area (Å²) in [6, 6.07) is 15.9. The van der Waals surface area contributed by atoms with Gasteiger partial charge in [-0.15, -0.1) is 0 Å². The van der Waals surface area contributed by atoms with Gasteiger partial charge in [0.1, 0.15) is 17.1 Å². The van der Waals surface area contributed by atoms with Crippen molar-refractivity contribution in [3.63, 3.8) is 0 Å². The molecule has 4 rings (SSSR count). The zero-order valence-electron chi connectivity index (χ0n) is 19.1. The second-order valence-electron chi connectivity index (χ2n) is 8.41. The van der Waals surface area contributed by atoms with Gasteiger partial charge in [0.15, 0.2) is 0 Å². The van der Waals surface area contributed by atoms with E-state index in [1.54, 1.807) is 7.11 Å². The number of hydrogen-bond acceptors (Lipinski definition) is 5. The van der Waals surface area contributed by atoms with Gasteiger partial charge in [0.05, 0.1) is 7.11 Å². The van der Waals surface area contributed by atoms with Crippen molar-refractivity contribution < 1.29 is 9.84 Å². The first-order chi connectivity index (χ1) is 15.5. The summed E-state index contributed by atoms with van der Waals surface area (Å²) < 4.78 is 5.55. The molecule has 0 atom stereocenters. The van der Waals surface area contributed by atoms with Crippen molar-refractivity contribution in [2.45, 2.75) is 6.54 Å². The molecule has 32 heavy (non-hydrogen) atoms. The molecule has 0 aliphatic carbocycles. The van der Waals surface area contributed by atoms with Crippen LogP contribution in [0.25, 0.3) is 33.3 Å². The molecule has 2 aromatic carbocycles. The zero-order chi connectivity index (χ0) is 22.7. The minimum Gasteiger partial charge on any atom is -0.508 e. The number of aromatic hydroxyl groups is 1. The number of likely N-dealkylation sites (N-methyl/N-ethyl adjacent to an activating group) is 2. The predicted molar refractivity (Wildman–Crippen MR) is 130 cm³/mol. The van der Waals surface area contributed by atoms with Crippen molar-refractivity contribution in [3.05, 3.63) is 66.5 Å². The molecule has 2 aromatic heterocycles. The largest absolute Gasteiger partial charge is 0.508 e. The molecule has 0 fully saturated rings. The first kappa shape index (κ1) is 21.9. The number of fused-ring (bicyclic) bond motifs is 1. The summed E-state index contributed by atoms with van der Waals surface area (Å²) in [6.45, 7) is 2.62. The summed E-state index contributed by atoms with van der Waals surface area (Å²) in [5.74, 6) is 1.12. The molecule has 0 bridgehead atoms. The van der Waals surface area contributed by atoms with Crippen LogP contribution in [0.15, 0.2) is 60.9 Å². The molecule has 2 N–H and O–H groups in total. The SMILES string of the molecule is COc1ccccc1-c1c[nH]c2ncc(-c3ccc(CN(C)CCN(C)C)c(O)c3)cc12. The zero-order valence-corrected chi connectivity index (χ0v) is 19.1. The highest BCUT2D eigenvalue weighted by atomic mass is 16.5. The Morgan fingerprint density at radius 1 is 0.969 bits per heavy atom. The molecule has 0 saturated carbocycles. The number of phenols is 1. The van der Waals surface area contributed by atoms with Crippen LogP contribution in [-0.2, 0) is 6.54 Å². The number of phenolic OH excluding ortho intramolecular Hbond substituents is 1. The second-order valence-corrected chi connectivity index (χ2v) is 8.41. The summed E-state index contributed by atoms with van der Waals surface area (Å²) in [5.41, 5.74) is 5.67. The molecule has 0 aliphatic heterocycles. The molecule has 166 valence electrons. The van der Waals surface area contributed by atoms with E-state index >= 15 is 0 Å². The first-order valence-corrected chi connectivity index (χ1v) is 10.7. The summed E-state index contributed by atoms with van der Waals surface area (Å²) in [7, 11) is 7.88. The molecular formula is C26H30N4O2. The van der Waals surface area contributed by atoms with Gasteiger partial charge in [0.2, 0.25) is 0 Å². The summed E-state index contributed by atoms with van der Waals surface area (Å²) in [4.78, 5) is 12.2. The summed E-state index contributed by atoms with van der Waals surface area (Å²) in [6.07, 6.45) is 3.80. The van der Waals surface area contributed by atoms with Crippen LogP contribution in [0.3, 0.4) is 0 Å². The minimum absolute atomic E-state index is 0.304. The van der Waals surface area contributed by atoms with Gasteiger partial charge in [-0.25, -0.2) is 4.98 Å². The topological polar surface area (TPSA) is 64.6 Å². The Kier molecular flexibility index (Phi) is 6.44. The maximum atomic E-state index is 10.7. The number of nitrogens with one attached hydrogen (secondary N) is 1. The lowest BCUT2D eigenvalue weighted by molar-refractivity contribution is 0.273. The standard InChI is InChI=1S/C26H30N4O2/c1-29(2)11-12-30(3)17-19-10-9-18(14-24(19)31)20-13-22-23(16-28-26(22)27-15-20)21-7-5-6-8-25(21)32-4/h5-10,13-16,31H,11-12,17H2,1-4H3,(H,27,28). The van der Waals surface area contributed by atoms with Crippen LogP contribution >= 0.6 is 0 Å². The van der Waals surface area contributed by atoms with E-state index in [9.17, 15) is 5.11 Å². The number of pyridine rings is 1. The van der Waals surface area contributed by atoms with E-state index < -0.39 is 0 Å². The van der Waals surface area contributed by atoms with E-state index in [0.29, 0.717) is 12.3 Å². The van der Waals surface area contributed by atoms with Gasteiger partial charge in [-0.05, 0) is 44.9 Å². The van der Waals surface area contributed by atoms with Gasteiger partial charge in [0, 0.05) is 59.7 Å². The number of benzene rings is 2. The average molecular weight is 431 g/mol. The van der Waals surface area contributed by atoms with Gasteiger partial charge in [-0.3, -0.25) is 0 Å². The molecule has 0 spiro atoms. The molecule has 0 unspecified atom stereocenters. The van der Waals surface area contributed by atoms with Crippen LogP contribution in [0, 0.1) is 0 Å². The molecule has 0 saturated heterocycles. The smallest absolute Gasteiger partial charge is 0.137 e. The van der Waals surface area contributed by atoms with Gasteiger partial charge in [0.25, 0.3) is 0 Å². The first-order valence-electron chi connectivity index (χ1n) is 10.7. The van der Waals surface area contributed by atoms with Crippen LogP contribution in [0.5, 0.6) is 11.5 Å². The van der Waals surface area contributed by atoms with Crippen LogP contribution in [0.1, 0.15) is 5.56 Å². The predicted octanol–water partition coefficient (Wildman–Crippen LogP) is 4.60. The maximum Gasteiger partial charge on any atom is 0.137 e. The lowest BCUT2D eigenvalue weighted by atomic mass is 10.0. The van der Waals surface area contributed by atoms with Crippen molar-refractivity contribution in [1.29, 1.82) is 0 Å². The van der Waals surface area contributed by atoms with Crippen molar-refractivity contribution in [1.82, 2.24) is 19.8 Å². The van der Waals surface area contributed by atoms with E-state index in [2.05, 4.69) is 47.0 Å². The van der Waals surface area contributed by atoms with E-state index in [1.165, 1.54) is 0 Å². The Bertz CT molecular complexity index is 1220. The average Bonchev–Trinajstić information content (AvgIpc) is 3.22. The molecule has 2 heterocycles. The second kappa shape index (κ2) is 9.42. The summed E-state index contributed by atoms with van der Waals surface area (Å²) in [5, 5.41) is 11.7. The highest BCUT2D eigenvalue weighted by molar-refractivity contribution is 5.97. The number of nitrogens with zero attached hydrogens (tertiary/aromatic N) is 3. The lowest BCUT2D eigenvalue weighted by Gasteiger charge is -2.20. The molecule has 0 aliphatic rings. The molecule has 6 nitrogen and oxygen atoms in total. The molecule has 0 amide bonds. The van der Waals surface area contributed by atoms with E-state index in [1.807, 2.05) is 54.9 Å². The monoisotopic (exact) mass is 430 g/mol. The van der Waals surface area contributed by atoms with Gasteiger partial charge in [-0.1, -0.05) is 30.3 Å². The highest BCUT2D eigenvalue weighted by Gasteiger charge is 2.13. The van der Waals surface area contributed by atoms with Crippen molar-refractivity contribution in [3.8, 4) is 33.8 Å². The molecular weight excluding hydrogens is 400 g/mol. The quantitative estimate of drug-likeness (QED) is 0.428.